The molecule has 1 heterocycles. The average molecular weight is 301 g/mol. The zero-order valence-electron chi connectivity index (χ0n) is 7.08. The maximum atomic E-state index is 12.4. The molecule has 0 N–H and O–H groups in total. The van der Waals surface area contributed by atoms with Crippen LogP contribution in [0, 0.1) is 10.1 Å². The Kier molecular flexibility index (Phi) is 3.92. The Morgan fingerprint density at radius 1 is 1.67 bits per heavy atom. The number of halogens is 4. The van der Waals surface area contributed by atoms with Crippen molar-refractivity contribution in [3.63, 3.8) is 0 Å². The zero-order valence-corrected chi connectivity index (χ0v) is 9.43. The molecule has 8 heteroatoms. The van der Waals surface area contributed by atoms with E-state index in [1.54, 1.807) is 0 Å². The van der Waals surface area contributed by atoms with E-state index in [0.29, 0.717) is 0 Å². The first kappa shape index (κ1) is 12.3. The molecule has 0 unspecified atom stereocenters. The van der Waals surface area contributed by atoms with Crippen molar-refractivity contribution in [3.05, 3.63) is 32.5 Å². The van der Waals surface area contributed by atoms with Crippen LogP contribution in [0.3, 0.4) is 0 Å². The number of rotatable bonds is 3. The maximum absolute atomic E-state index is 12.4. The van der Waals surface area contributed by atoms with Crippen molar-refractivity contribution in [1.29, 1.82) is 0 Å². The van der Waals surface area contributed by atoms with E-state index in [9.17, 15) is 18.9 Å². The number of nitro groups is 1. The lowest BCUT2D eigenvalue weighted by Gasteiger charge is -2.02. The summed E-state index contributed by atoms with van der Waals surface area (Å²) in [6.45, 7) is 0. The van der Waals surface area contributed by atoms with Gasteiger partial charge in [0.1, 0.15) is 5.02 Å². The molecule has 4 nitrogen and oxygen atoms in total. The number of hydrogen-bond acceptors (Lipinski definition) is 3. The van der Waals surface area contributed by atoms with E-state index in [1.807, 2.05) is 0 Å². The fraction of sp³-hybridized carbons (Fsp3) is 0.286. The third-order valence-corrected chi connectivity index (χ3v) is 2.48. The highest BCUT2D eigenvalue weighted by atomic mass is 79.9. The van der Waals surface area contributed by atoms with Crippen LogP contribution < -0.4 is 0 Å². The van der Waals surface area contributed by atoms with Crippen LogP contribution in [0.2, 0.25) is 5.02 Å². The standard InChI is InChI=1S/C7H4BrClF2N2O2/c8-2-3-1-4(9)7(13(14)15)12-5(3)6(10)11/h1,6H,2H2. The molecule has 0 aliphatic heterocycles. The molecule has 0 aliphatic carbocycles. The summed E-state index contributed by atoms with van der Waals surface area (Å²) >= 11 is 8.48. The van der Waals surface area contributed by atoms with Crippen LogP contribution in [0.4, 0.5) is 14.6 Å². The zero-order chi connectivity index (χ0) is 11.6. The number of alkyl halides is 3. The quantitative estimate of drug-likeness (QED) is 0.488. The van der Waals surface area contributed by atoms with Gasteiger partial charge in [-0.15, -0.1) is 0 Å². The molecule has 0 atom stereocenters. The smallest absolute Gasteiger partial charge is 0.358 e. The van der Waals surface area contributed by atoms with Crippen LogP contribution in [0.1, 0.15) is 17.7 Å². The normalized spacial score (nSPS) is 10.7. The monoisotopic (exact) mass is 300 g/mol. The lowest BCUT2D eigenvalue weighted by Crippen LogP contribution is -2.02. The molecule has 0 bridgehead atoms. The van der Waals surface area contributed by atoms with Gasteiger partial charge >= 0.3 is 12.2 Å². The van der Waals surface area contributed by atoms with Crippen molar-refractivity contribution >= 4 is 33.3 Å². The van der Waals surface area contributed by atoms with Gasteiger partial charge in [-0.25, -0.2) is 8.78 Å². The van der Waals surface area contributed by atoms with Gasteiger partial charge in [0, 0.05) is 10.9 Å². The minimum atomic E-state index is -2.87. The predicted molar refractivity (Wildman–Crippen MR) is 53.5 cm³/mol. The lowest BCUT2D eigenvalue weighted by atomic mass is 10.2. The van der Waals surface area contributed by atoms with Gasteiger partial charge in [0.2, 0.25) is 5.69 Å². The fourth-order valence-electron chi connectivity index (χ4n) is 0.955. The molecule has 0 saturated carbocycles. The summed E-state index contributed by atoms with van der Waals surface area (Å²) in [5.41, 5.74) is -0.483. The molecule has 1 aromatic rings. The van der Waals surface area contributed by atoms with E-state index in [0.717, 1.165) is 6.07 Å². The molecule has 1 rings (SSSR count). The van der Waals surface area contributed by atoms with E-state index in [1.165, 1.54) is 0 Å². The number of pyridine rings is 1. The van der Waals surface area contributed by atoms with Crippen molar-refractivity contribution in [2.45, 2.75) is 11.8 Å². The van der Waals surface area contributed by atoms with Crippen molar-refractivity contribution < 1.29 is 13.7 Å². The van der Waals surface area contributed by atoms with Gasteiger partial charge in [0.25, 0.3) is 0 Å². The Balaban J connectivity index is 3.37. The van der Waals surface area contributed by atoms with Crippen molar-refractivity contribution in [1.82, 2.24) is 4.98 Å². The number of aromatic nitrogens is 1. The molecule has 0 amide bonds. The second-order valence-electron chi connectivity index (χ2n) is 2.53. The maximum Gasteiger partial charge on any atom is 0.382 e. The van der Waals surface area contributed by atoms with E-state index in [2.05, 4.69) is 20.9 Å². The SMILES string of the molecule is O=[N+]([O-])c1nc(C(F)F)c(CBr)cc1Cl. The Hall–Kier alpha value is -0.820. The summed E-state index contributed by atoms with van der Waals surface area (Å²) in [7, 11) is 0. The molecule has 0 aliphatic rings. The van der Waals surface area contributed by atoms with E-state index in [4.69, 9.17) is 11.6 Å². The van der Waals surface area contributed by atoms with Gasteiger partial charge in [-0.1, -0.05) is 27.5 Å². The van der Waals surface area contributed by atoms with Crippen LogP contribution in [-0.2, 0) is 5.33 Å². The lowest BCUT2D eigenvalue weighted by molar-refractivity contribution is -0.389. The highest BCUT2D eigenvalue weighted by molar-refractivity contribution is 9.08. The fourth-order valence-corrected chi connectivity index (χ4v) is 1.65. The second kappa shape index (κ2) is 4.80. The van der Waals surface area contributed by atoms with Gasteiger partial charge in [0.15, 0.2) is 0 Å². The summed E-state index contributed by atoms with van der Waals surface area (Å²) in [5.74, 6) is -0.753. The van der Waals surface area contributed by atoms with Gasteiger partial charge in [0.05, 0.1) is 0 Å². The Labute approximate surface area is 96.5 Å². The molecular weight excluding hydrogens is 297 g/mol. The van der Waals surface area contributed by atoms with Crippen LogP contribution in [0.15, 0.2) is 6.07 Å². The van der Waals surface area contributed by atoms with Gasteiger partial charge in [-0.3, -0.25) is 0 Å². The van der Waals surface area contributed by atoms with E-state index < -0.39 is 22.9 Å². The molecule has 0 aromatic carbocycles. The van der Waals surface area contributed by atoms with Crippen LogP contribution in [0.5, 0.6) is 0 Å². The highest BCUT2D eigenvalue weighted by Crippen LogP contribution is 2.30. The summed E-state index contributed by atoms with van der Waals surface area (Å²) in [4.78, 5) is 12.7. The molecule has 0 saturated heterocycles. The van der Waals surface area contributed by atoms with Crippen LogP contribution >= 0.6 is 27.5 Å². The van der Waals surface area contributed by atoms with Gasteiger partial charge in [-0.05, 0) is 16.0 Å². The largest absolute Gasteiger partial charge is 0.382 e. The molecule has 0 fully saturated rings. The number of nitrogens with zero attached hydrogens (tertiary/aromatic N) is 2. The van der Waals surface area contributed by atoms with E-state index in [-0.39, 0.29) is 15.9 Å². The molecular formula is C7H4BrClF2N2O2. The van der Waals surface area contributed by atoms with Crippen molar-refractivity contribution in [3.8, 4) is 0 Å². The second-order valence-corrected chi connectivity index (χ2v) is 3.50. The van der Waals surface area contributed by atoms with Crippen LogP contribution in [-0.4, -0.2) is 9.91 Å². The third-order valence-electron chi connectivity index (χ3n) is 1.59. The summed E-state index contributed by atoms with van der Waals surface area (Å²) < 4.78 is 24.9. The first-order chi connectivity index (χ1) is 6.97. The Bertz CT molecular complexity index is 403. The first-order valence-electron chi connectivity index (χ1n) is 3.65. The summed E-state index contributed by atoms with van der Waals surface area (Å²) in [6.07, 6.45) is -2.87. The Morgan fingerprint density at radius 3 is 2.67 bits per heavy atom. The van der Waals surface area contributed by atoms with Gasteiger partial charge < -0.3 is 10.1 Å². The van der Waals surface area contributed by atoms with E-state index >= 15 is 0 Å². The molecule has 0 spiro atoms. The first-order valence-corrected chi connectivity index (χ1v) is 5.15. The van der Waals surface area contributed by atoms with Crippen LogP contribution in [0.25, 0.3) is 0 Å². The van der Waals surface area contributed by atoms with Crippen molar-refractivity contribution in [2.75, 3.05) is 0 Å². The molecule has 15 heavy (non-hydrogen) atoms. The minimum absolute atomic E-state index is 0.109. The van der Waals surface area contributed by atoms with Crippen molar-refractivity contribution in [2.24, 2.45) is 0 Å². The summed E-state index contributed by atoms with van der Waals surface area (Å²) in [6, 6.07) is 1.11. The number of hydrogen-bond donors (Lipinski definition) is 0. The average Bonchev–Trinajstić information content (AvgIpc) is 2.16. The molecule has 0 radical (unpaired) electrons. The molecule has 1 aromatic heterocycles. The third kappa shape index (κ3) is 2.60. The topological polar surface area (TPSA) is 56.0 Å². The van der Waals surface area contributed by atoms with Gasteiger partial charge in [-0.2, -0.15) is 0 Å². The predicted octanol–water partition coefficient (Wildman–Crippen LogP) is 3.48. The Morgan fingerprint density at radius 2 is 2.27 bits per heavy atom. The molecule has 82 valence electrons. The minimum Gasteiger partial charge on any atom is -0.358 e. The summed E-state index contributed by atoms with van der Waals surface area (Å²) in [5, 5.41) is 10.3. The highest BCUT2D eigenvalue weighted by Gasteiger charge is 2.25.